The van der Waals surface area contributed by atoms with Gasteiger partial charge < -0.3 is 5.73 Å². The van der Waals surface area contributed by atoms with E-state index in [0.29, 0.717) is 17.4 Å². The molecule has 0 fully saturated rings. The molecule has 1 aromatic carbocycles. The second-order valence-electron chi connectivity index (χ2n) is 2.85. The second kappa shape index (κ2) is 3.71. The Labute approximate surface area is 80.9 Å². The number of amides is 1. The third kappa shape index (κ3) is 1.62. The lowest BCUT2D eigenvalue weighted by molar-refractivity contribution is 0.0993. The van der Waals surface area contributed by atoms with Gasteiger partial charge in [-0.3, -0.25) is 9.59 Å². The first-order chi connectivity index (χ1) is 6.60. The smallest absolute Gasteiger partial charge is 0.249 e. The first-order valence-corrected chi connectivity index (χ1v) is 3.90. The summed E-state index contributed by atoms with van der Waals surface area (Å²) in [4.78, 5) is 21.5. The minimum absolute atomic E-state index is 0.150. The van der Waals surface area contributed by atoms with E-state index in [4.69, 9.17) is 11.0 Å². The minimum Gasteiger partial charge on any atom is -0.366 e. The number of benzene rings is 1. The number of nitrogens with zero attached hydrogens (tertiary/aromatic N) is 1. The largest absolute Gasteiger partial charge is 0.366 e. The predicted octanol–water partition coefficient (Wildman–Crippen LogP) is 0.778. The number of carbonyl (C=O) groups excluding carboxylic acids is 2. The van der Waals surface area contributed by atoms with E-state index in [2.05, 4.69) is 0 Å². The monoisotopic (exact) mass is 188 g/mol. The molecule has 0 aromatic heterocycles. The Hall–Kier alpha value is -2.15. The summed E-state index contributed by atoms with van der Waals surface area (Å²) in [6.07, 6.45) is 0.514. The Morgan fingerprint density at radius 2 is 2.21 bits per heavy atom. The second-order valence-corrected chi connectivity index (χ2v) is 2.85. The summed E-state index contributed by atoms with van der Waals surface area (Å²) < 4.78 is 0. The summed E-state index contributed by atoms with van der Waals surface area (Å²) in [6.45, 7) is 1.68. The van der Waals surface area contributed by atoms with Gasteiger partial charge in [0.2, 0.25) is 5.91 Å². The average molecular weight is 188 g/mol. The topological polar surface area (TPSA) is 84.0 Å². The quantitative estimate of drug-likeness (QED) is 0.696. The SMILES string of the molecule is Cc1cc(C(N)=O)c(C=O)cc1C#N. The van der Waals surface area contributed by atoms with Crippen molar-refractivity contribution in [2.45, 2.75) is 6.92 Å². The van der Waals surface area contributed by atoms with Gasteiger partial charge in [-0.25, -0.2) is 0 Å². The van der Waals surface area contributed by atoms with Crippen LogP contribution in [0, 0.1) is 18.3 Å². The maximum absolute atomic E-state index is 10.9. The molecule has 0 aliphatic rings. The number of rotatable bonds is 2. The van der Waals surface area contributed by atoms with Crippen LogP contribution in [0.25, 0.3) is 0 Å². The van der Waals surface area contributed by atoms with Crippen molar-refractivity contribution in [2.75, 3.05) is 0 Å². The van der Waals surface area contributed by atoms with Gasteiger partial charge in [0.15, 0.2) is 6.29 Å². The van der Waals surface area contributed by atoms with Crippen LogP contribution in [0.4, 0.5) is 0 Å². The van der Waals surface area contributed by atoms with E-state index in [-0.39, 0.29) is 11.1 Å². The maximum atomic E-state index is 10.9. The zero-order valence-corrected chi connectivity index (χ0v) is 7.57. The standard InChI is InChI=1S/C10H8N2O2/c1-6-2-9(10(12)14)8(5-13)3-7(6)4-11/h2-3,5H,1H3,(H2,12,14). The number of aryl methyl sites for hydroxylation is 1. The molecule has 0 spiro atoms. The Morgan fingerprint density at radius 3 is 2.64 bits per heavy atom. The van der Waals surface area contributed by atoms with Crippen LogP contribution >= 0.6 is 0 Å². The van der Waals surface area contributed by atoms with Gasteiger partial charge in [-0.1, -0.05) is 0 Å². The van der Waals surface area contributed by atoms with Crippen molar-refractivity contribution in [3.63, 3.8) is 0 Å². The highest BCUT2D eigenvalue weighted by Gasteiger charge is 2.10. The lowest BCUT2D eigenvalue weighted by Crippen LogP contribution is -2.14. The molecule has 4 heteroatoms. The summed E-state index contributed by atoms with van der Waals surface area (Å²) in [5.41, 5.74) is 6.38. The van der Waals surface area contributed by atoms with Gasteiger partial charge in [-0.15, -0.1) is 0 Å². The Bertz CT molecular complexity index is 444. The molecular weight excluding hydrogens is 180 g/mol. The highest BCUT2D eigenvalue weighted by molar-refractivity contribution is 6.01. The van der Waals surface area contributed by atoms with Gasteiger partial charge in [-0.05, 0) is 24.6 Å². The first kappa shape index (κ1) is 9.93. The van der Waals surface area contributed by atoms with E-state index < -0.39 is 5.91 Å². The molecule has 4 nitrogen and oxygen atoms in total. The van der Waals surface area contributed by atoms with Crippen LogP contribution < -0.4 is 5.73 Å². The minimum atomic E-state index is -0.667. The summed E-state index contributed by atoms with van der Waals surface area (Å²) in [5, 5.41) is 8.69. The van der Waals surface area contributed by atoms with Gasteiger partial charge in [0.1, 0.15) is 0 Å². The van der Waals surface area contributed by atoms with Crippen LogP contribution in [0.2, 0.25) is 0 Å². The van der Waals surface area contributed by atoms with Crippen molar-refractivity contribution in [2.24, 2.45) is 5.73 Å². The number of primary amides is 1. The fourth-order valence-electron chi connectivity index (χ4n) is 1.16. The molecule has 1 rings (SSSR count). The molecule has 0 aliphatic carbocycles. The molecule has 14 heavy (non-hydrogen) atoms. The van der Waals surface area contributed by atoms with Gasteiger partial charge in [-0.2, -0.15) is 5.26 Å². The highest BCUT2D eigenvalue weighted by Crippen LogP contribution is 2.14. The molecule has 1 aromatic rings. The third-order valence-electron chi connectivity index (χ3n) is 1.91. The number of nitriles is 1. The number of hydrogen-bond acceptors (Lipinski definition) is 3. The van der Waals surface area contributed by atoms with Gasteiger partial charge in [0, 0.05) is 11.1 Å². The summed E-state index contributed by atoms with van der Waals surface area (Å²) in [6, 6.07) is 4.74. The zero-order chi connectivity index (χ0) is 10.7. The van der Waals surface area contributed by atoms with Crippen molar-refractivity contribution in [1.29, 1.82) is 5.26 Å². The Kier molecular flexibility index (Phi) is 2.63. The van der Waals surface area contributed by atoms with E-state index in [1.165, 1.54) is 12.1 Å². The molecule has 0 saturated carbocycles. The molecule has 0 bridgehead atoms. The summed E-state index contributed by atoms with van der Waals surface area (Å²) >= 11 is 0. The number of nitrogens with two attached hydrogens (primary N) is 1. The van der Waals surface area contributed by atoms with Crippen molar-refractivity contribution in [1.82, 2.24) is 0 Å². The zero-order valence-electron chi connectivity index (χ0n) is 7.57. The summed E-state index contributed by atoms with van der Waals surface area (Å²) in [7, 11) is 0. The van der Waals surface area contributed by atoms with Crippen LogP contribution in [0.15, 0.2) is 12.1 Å². The predicted molar refractivity (Wildman–Crippen MR) is 49.8 cm³/mol. The van der Waals surface area contributed by atoms with E-state index >= 15 is 0 Å². The lowest BCUT2D eigenvalue weighted by Gasteiger charge is -2.03. The number of hydrogen-bond donors (Lipinski definition) is 1. The van der Waals surface area contributed by atoms with Crippen molar-refractivity contribution in [3.05, 3.63) is 34.4 Å². The van der Waals surface area contributed by atoms with E-state index in [1.54, 1.807) is 6.92 Å². The maximum Gasteiger partial charge on any atom is 0.249 e. The molecule has 2 N–H and O–H groups in total. The van der Waals surface area contributed by atoms with Gasteiger partial charge in [0.05, 0.1) is 11.6 Å². The van der Waals surface area contributed by atoms with Crippen molar-refractivity contribution >= 4 is 12.2 Å². The number of carbonyl (C=O) groups is 2. The van der Waals surface area contributed by atoms with Crippen molar-refractivity contribution < 1.29 is 9.59 Å². The molecule has 0 unspecified atom stereocenters. The van der Waals surface area contributed by atoms with Crippen LogP contribution in [-0.4, -0.2) is 12.2 Å². The van der Waals surface area contributed by atoms with Gasteiger partial charge in [0.25, 0.3) is 0 Å². The lowest BCUT2D eigenvalue weighted by atomic mass is 10.00. The first-order valence-electron chi connectivity index (χ1n) is 3.90. The fraction of sp³-hybridized carbons (Fsp3) is 0.100. The molecule has 0 aliphatic heterocycles. The highest BCUT2D eigenvalue weighted by atomic mass is 16.1. The average Bonchev–Trinajstić information content (AvgIpc) is 2.17. The van der Waals surface area contributed by atoms with Crippen LogP contribution in [0.5, 0.6) is 0 Å². The normalized spacial score (nSPS) is 9.14. The molecule has 1 amide bonds. The van der Waals surface area contributed by atoms with Crippen molar-refractivity contribution in [3.8, 4) is 6.07 Å². The van der Waals surface area contributed by atoms with E-state index in [1.807, 2.05) is 6.07 Å². The molecule has 0 saturated heterocycles. The molecule has 70 valence electrons. The number of aldehydes is 1. The molecular formula is C10H8N2O2. The molecule has 0 atom stereocenters. The van der Waals surface area contributed by atoms with Gasteiger partial charge >= 0.3 is 0 Å². The van der Waals surface area contributed by atoms with Crippen LogP contribution in [-0.2, 0) is 0 Å². The van der Waals surface area contributed by atoms with Crippen LogP contribution in [0.1, 0.15) is 31.8 Å². The molecule has 0 radical (unpaired) electrons. The molecule has 0 heterocycles. The fourth-order valence-corrected chi connectivity index (χ4v) is 1.16. The Morgan fingerprint density at radius 1 is 1.57 bits per heavy atom. The third-order valence-corrected chi connectivity index (χ3v) is 1.91. The van der Waals surface area contributed by atoms with Crippen LogP contribution in [0.3, 0.4) is 0 Å². The van der Waals surface area contributed by atoms with E-state index in [0.717, 1.165) is 0 Å². The van der Waals surface area contributed by atoms with E-state index in [9.17, 15) is 9.59 Å². The Balaban J connectivity index is 3.48. The summed E-state index contributed by atoms with van der Waals surface area (Å²) in [5.74, 6) is -0.667.